The first-order valence-electron chi connectivity index (χ1n) is 10.4. The second kappa shape index (κ2) is 8.51. The minimum absolute atomic E-state index is 0.172. The van der Waals surface area contributed by atoms with Gasteiger partial charge >= 0.3 is 6.03 Å². The highest BCUT2D eigenvalue weighted by Gasteiger charge is 2.17. The van der Waals surface area contributed by atoms with E-state index in [2.05, 4.69) is 9.55 Å². The molecule has 0 spiro atoms. The van der Waals surface area contributed by atoms with E-state index < -0.39 is 6.03 Å². The molecule has 0 aliphatic rings. The fourth-order valence-electron chi connectivity index (χ4n) is 3.97. The number of para-hydroxylation sites is 1. The molecule has 2 heterocycles. The Balaban J connectivity index is 1.60. The number of carbonyl (C=O) groups is 1. The van der Waals surface area contributed by atoms with Crippen molar-refractivity contribution in [1.82, 2.24) is 14.5 Å². The number of carbonyl (C=O) groups excluding carboxylic acids is 1. The molecule has 2 aromatic carbocycles. The minimum Gasteiger partial charge on any atom is -0.508 e. The van der Waals surface area contributed by atoms with Crippen LogP contribution in [-0.4, -0.2) is 32.2 Å². The molecule has 8 nitrogen and oxygen atoms in total. The predicted octanol–water partition coefficient (Wildman–Crippen LogP) is 3.80. The van der Waals surface area contributed by atoms with Crippen molar-refractivity contribution in [2.45, 2.75) is 32.7 Å². The standard InChI is InChI=1S/C23H26N6O2/c1-2-19-27-20-21(17-14-16(30)10-11-18(17)26-22(20)24)29(19)13-7-6-12-28(23(25)31)15-8-4-3-5-9-15/h3-5,8-11,14,30H,2,6-7,12-13H2,1H3,(H2,24,26)(H2,25,31). The van der Waals surface area contributed by atoms with Crippen LogP contribution >= 0.6 is 0 Å². The van der Waals surface area contributed by atoms with Gasteiger partial charge in [-0.25, -0.2) is 14.8 Å². The van der Waals surface area contributed by atoms with Gasteiger partial charge in [0.25, 0.3) is 0 Å². The van der Waals surface area contributed by atoms with Crippen molar-refractivity contribution in [2.24, 2.45) is 5.73 Å². The number of rotatable bonds is 7. The third-order valence-electron chi connectivity index (χ3n) is 5.43. The van der Waals surface area contributed by atoms with Crippen LogP contribution < -0.4 is 16.4 Å². The van der Waals surface area contributed by atoms with Crippen molar-refractivity contribution in [3.05, 3.63) is 54.4 Å². The summed E-state index contributed by atoms with van der Waals surface area (Å²) in [5, 5.41) is 10.8. The fraction of sp³-hybridized carbons (Fsp3) is 0.261. The number of phenolic OH excluding ortho intramolecular Hbond substituents is 1. The third kappa shape index (κ3) is 3.96. The van der Waals surface area contributed by atoms with Gasteiger partial charge in [-0.15, -0.1) is 0 Å². The zero-order chi connectivity index (χ0) is 22.0. The van der Waals surface area contributed by atoms with E-state index >= 15 is 0 Å². The summed E-state index contributed by atoms with van der Waals surface area (Å²) in [7, 11) is 0. The zero-order valence-corrected chi connectivity index (χ0v) is 17.5. The number of urea groups is 1. The quantitative estimate of drug-likeness (QED) is 0.394. The number of aromatic hydroxyl groups is 1. The number of benzene rings is 2. The molecule has 0 saturated heterocycles. The summed E-state index contributed by atoms with van der Waals surface area (Å²) in [6, 6.07) is 14.0. The van der Waals surface area contributed by atoms with Crippen LogP contribution in [0.1, 0.15) is 25.6 Å². The second-order valence-corrected chi connectivity index (χ2v) is 7.46. The van der Waals surface area contributed by atoms with Crippen LogP contribution in [-0.2, 0) is 13.0 Å². The second-order valence-electron chi connectivity index (χ2n) is 7.46. The highest BCUT2D eigenvalue weighted by atomic mass is 16.3. The van der Waals surface area contributed by atoms with E-state index in [1.54, 1.807) is 23.1 Å². The van der Waals surface area contributed by atoms with E-state index in [0.717, 1.165) is 47.2 Å². The van der Waals surface area contributed by atoms with Gasteiger partial charge < -0.3 is 21.1 Å². The van der Waals surface area contributed by atoms with E-state index in [-0.39, 0.29) is 5.75 Å². The lowest BCUT2D eigenvalue weighted by atomic mass is 10.1. The molecule has 0 atom stereocenters. The third-order valence-corrected chi connectivity index (χ3v) is 5.43. The summed E-state index contributed by atoms with van der Waals surface area (Å²) in [6.45, 7) is 3.28. The number of primary amides is 1. The van der Waals surface area contributed by atoms with E-state index in [4.69, 9.17) is 16.5 Å². The number of aromatic nitrogens is 3. The molecule has 0 aliphatic heterocycles. The topological polar surface area (TPSA) is 123 Å². The number of amides is 2. The van der Waals surface area contributed by atoms with Crippen molar-refractivity contribution in [1.29, 1.82) is 0 Å². The molecular formula is C23H26N6O2. The number of nitrogens with zero attached hydrogens (tertiary/aromatic N) is 4. The first-order chi connectivity index (χ1) is 15.0. The lowest BCUT2D eigenvalue weighted by Gasteiger charge is -2.20. The molecule has 8 heteroatoms. The summed E-state index contributed by atoms with van der Waals surface area (Å²) >= 11 is 0. The molecule has 0 radical (unpaired) electrons. The van der Waals surface area contributed by atoms with Gasteiger partial charge in [-0.05, 0) is 43.2 Å². The van der Waals surface area contributed by atoms with Crippen molar-refractivity contribution in [2.75, 3.05) is 17.2 Å². The van der Waals surface area contributed by atoms with Gasteiger partial charge in [0, 0.05) is 30.6 Å². The van der Waals surface area contributed by atoms with Crippen molar-refractivity contribution in [3.63, 3.8) is 0 Å². The number of imidazole rings is 1. The van der Waals surface area contributed by atoms with Crippen LogP contribution in [0, 0.1) is 0 Å². The molecule has 0 aliphatic carbocycles. The number of hydrogen-bond acceptors (Lipinski definition) is 5. The Labute approximate surface area is 180 Å². The van der Waals surface area contributed by atoms with Crippen LogP contribution in [0.3, 0.4) is 0 Å². The molecule has 0 fully saturated rings. The Bertz CT molecular complexity index is 1240. The SMILES string of the molecule is CCc1nc2c(N)nc3ccc(O)cc3c2n1CCCCN(C(N)=O)c1ccccc1. The molecular weight excluding hydrogens is 392 g/mol. The molecule has 0 unspecified atom stereocenters. The number of nitrogens with two attached hydrogens (primary N) is 2. The number of hydrogen-bond donors (Lipinski definition) is 3. The average Bonchev–Trinajstić information content (AvgIpc) is 3.14. The Hall–Kier alpha value is -3.81. The van der Waals surface area contributed by atoms with Gasteiger partial charge in [0.05, 0.1) is 11.0 Å². The fourth-order valence-corrected chi connectivity index (χ4v) is 3.97. The predicted molar refractivity (Wildman–Crippen MR) is 123 cm³/mol. The van der Waals surface area contributed by atoms with E-state index in [0.29, 0.717) is 24.4 Å². The van der Waals surface area contributed by atoms with Gasteiger partial charge in [0.15, 0.2) is 5.82 Å². The van der Waals surface area contributed by atoms with E-state index in [1.165, 1.54) is 0 Å². The van der Waals surface area contributed by atoms with Gasteiger partial charge in [-0.1, -0.05) is 25.1 Å². The van der Waals surface area contributed by atoms with Crippen LogP contribution in [0.5, 0.6) is 5.75 Å². The van der Waals surface area contributed by atoms with Crippen LogP contribution in [0.2, 0.25) is 0 Å². The first-order valence-corrected chi connectivity index (χ1v) is 10.4. The lowest BCUT2D eigenvalue weighted by molar-refractivity contribution is 0.253. The monoisotopic (exact) mass is 418 g/mol. The molecule has 5 N–H and O–H groups in total. The average molecular weight is 419 g/mol. The van der Waals surface area contributed by atoms with E-state index in [9.17, 15) is 9.90 Å². The number of unbranched alkanes of at least 4 members (excludes halogenated alkanes) is 1. The largest absolute Gasteiger partial charge is 0.508 e. The smallest absolute Gasteiger partial charge is 0.319 e. The molecule has 4 aromatic rings. The molecule has 2 aromatic heterocycles. The maximum atomic E-state index is 11.9. The van der Waals surface area contributed by atoms with E-state index in [1.807, 2.05) is 37.3 Å². The van der Waals surface area contributed by atoms with Gasteiger partial charge in [-0.3, -0.25) is 4.90 Å². The molecule has 0 saturated carbocycles. The number of phenols is 1. The molecule has 0 bridgehead atoms. The molecule has 2 amide bonds. The number of fused-ring (bicyclic) bond motifs is 3. The number of anilines is 2. The Kier molecular flexibility index (Phi) is 5.62. The normalized spacial score (nSPS) is 11.3. The lowest BCUT2D eigenvalue weighted by Crippen LogP contribution is -2.36. The van der Waals surface area contributed by atoms with Crippen molar-refractivity contribution < 1.29 is 9.90 Å². The van der Waals surface area contributed by atoms with Gasteiger partial charge in [-0.2, -0.15) is 0 Å². The van der Waals surface area contributed by atoms with Gasteiger partial charge in [0.2, 0.25) is 0 Å². The van der Waals surface area contributed by atoms with Crippen molar-refractivity contribution in [3.8, 4) is 5.75 Å². The van der Waals surface area contributed by atoms with Crippen LogP contribution in [0.4, 0.5) is 16.3 Å². The summed E-state index contributed by atoms with van der Waals surface area (Å²) in [5.74, 6) is 1.46. The number of pyridine rings is 1. The van der Waals surface area contributed by atoms with Gasteiger partial charge in [0.1, 0.15) is 17.1 Å². The molecule has 31 heavy (non-hydrogen) atoms. The van der Waals surface area contributed by atoms with Crippen LogP contribution in [0.15, 0.2) is 48.5 Å². The minimum atomic E-state index is -0.464. The number of aryl methyl sites for hydroxylation is 2. The highest BCUT2D eigenvalue weighted by molar-refractivity contribution is 6.07. The Morgan fingerprint density at radius 1 is 1.13 bits per heavy atom. The Morgan fingerprint density at radius 3 is 2.61 bits per heavy atom. The first kappa shape index (κ1) is 20.5. The summed E-state index contributed by atoms with van der Waals surface area (Å²) in [5.41, 5.74) is 14.8. The summed E-state index contributed by atoms with van der Waals surface area (Å²) in [6.07, 6.45) is 2.33. The molecule has 160 valence electrons. The maximum Gasteiger partial charge on any atom is 0.319 e. The zero-order valence-electron chi connectivity index (χ0n) is 17.5. The van der Waals surface area contributed by atoms with Crippen molar-refractivity contribution >= 4 is 39.5 Å². The Morgan fingerprint density at radius 2 is 1.90 bits per heavy atom. The summed E-state index contributed by atoms with van der Waals surface area (Å²) in [4.78, 5) is 22.6. The molecule has 4 rings (SSSR count). The van der Waals surface area contributed by atoms with Crippen LogP contribution in [0.25, 0.3) is 21.9 Å². The number of nitrogen functional groups attached to an aromatic ring is 1. The summed E-state index contributed by atoms with van der Waals surface area (Å²) < 4.78 is 2.15. The maximum absolute atomic E-state index is 11.9. The highest BCUT2D eigenvalue weighted by Crippen LogP contribution is 2.31.